The van der Waals surface area contributed by atoms with E-state index in [1.54, 1.807) is 6.20 Å². The quantitative estimate of drug-likeness (QED) is 0.510. The molecule has 0 aliphatic rings. The van der Waals surface area contributed by atoms with Crippen LogP contribution in [0.3, 0.4) is 0 Å². The van der Waals surface area contributed by atoms with Gasteiger partial charge in [0.1, 0.15) is 5.60 Å². The monoisotopic (exact) mass is 440 g/mol. The molecule has 2 aromatic heterocycles. The van der Waals surface area contributed by atoms with Crippen LogP contribution < -0.4 is 10.6 Å². The van der Waals surface area contributed by atoms with Crippen LogP contribution in [0.15, 0.2) is 48.7 Å². The number of H-pyrrole nitrogens is 1. The van der Waals surface area contributed by atoms with Crippen molar-refractivity contribution in [3.8, 4) is 10.6 Å². The van der Waals surface area contributed by atoms with Gasteiger partial charge < -0.3 is 15.4 Å². The van der Waals surface area contributed by atoms with Crippen molar-refractivity contribution >= 4 is 23.3 Å². The fourth-order valence-electron chi connectivity index (χ4n) is 3.09. The Morgan fingerprint density at radius 2 is 1.94 bits per heavy atom. The Bertz CT molecular complexity index is 1010. The Balaban J connectivity index is 1.70. The van der Waals surface area contributed by atoms with E-state index < -0.39 is 11.7 Å². The number of nitrogens with one attached hydrogen (secondary N) is 3. The van der Waals surface area contributed by atoms with E-state index in [4.69, 9.17) is 4.74 Å². The Labute approximate surface area is 186 Å². The standard InChI is InChI=1S/C23H28N4O3S/c1-15-12-19(31-20(15)18-10-11-25-27-18)21(28)26-17(13-16-8-6-5-7-9-16)14-24-22(29)30-23(2,3)4/h5-12,17H,13-14H2,1-4H3,(H,24,29)(H,25,27)(H,26,28). The Morgan fingerprint density at radius 1 is 1.19 bits per heavy atom. The van der Waals surface area contributed by atoms with Gasteiger partial charge in [0, 0.05) is 12.7 Å². The number of carbonyl (C=O) groups excluding carboxylic acids is 2. The molecule has 1 aromatic carbocycles. The van der Waals surface area contributed by atoms with Crippen molar-refractivity contribution in [2.45, 2.75) is 45.8 Å². The summed E-state index contributed by atoms with van der Waals surface area (Å²) in [6.07, 6.45) is 1.76. The van der Waals surface area contributed by atoms with Gasteiger partial charge in [0.25, 0.3) is 5.91 Å². The summed E-state index contributed by atoms with van der Waals surface area (Å²) in [5.74, 6) is -0.175. The number of aromatic amines is 1. The number of benzene rings is 1. The lowest BCUT2D eigenvalue weighted by molar-refractivity contribution is 0.0520. The Morgan fingerprint density at radius 3 is 2.58 bits per heavy atom. The third-order valence-electron chi connectivity index (χ3n) is 4.44. The minimum atomic E-state index is -0.584. The number of carbonyl (C=O) groups is 2. The zero-order valence-corrected chi connectivity index (χ0v) is 19.0. The number of amides is 2. The first kappa shape index (κ1) is 22.6. The first-order chi connectivity index (χ1) is 14.7. The highest BCUT2D eigenvalue weighted by molar-refractivity contribution is 7.17. The third kappa shape index (κ3) is 6.68. The molecular formula is C23H28N4O3S. The second-order valence-electron chi connectivity index (χ2n) is 8.34. The first-order valence-corrected chi connectivity index (χ1v) is 10.9. The topological polar surface area (TPSA) is 96.1 Å². The molecule has 0 saturated carbocycles. The summed E-state index contributed by atoms with van der Waals surface area (Å²) >= 11 is 1.41. The molecule has 31 heavy (non-hydrogen) atoms. The SMILES string of the molecule is Cc1cc(C(=O)NC(CNC(=O)OC(C)(C)C)Cc2ccccc2)sc1-c1ccn[nH]1. The number of aryl methyl sites for hydroxylation is 1. The fraction of sp³-hybridized carbons (Fsp3) is 0.348. The predicted octanol–water partition coefficient (Wildman–Crippen LogP) is 4.31. The van der Waals surface area contributed by atoms with Crippen molar-refractivity contribution in [1.29, 1.82) is 0 Å². The van der Waals surface area contributed by atoms with Gasteiger partial charge in [-0.1, -0.05) is 30.3 Å². The number of aromatic nitrogens is 2. The number of nitrogens with zero attached hydrogens (tertiary/aromatic N) is 1. The van der Waals surface area contributed by atoms with Crippen LogP contribution in [0.25, 0.3) is 10.6 Å². The summed E-state index contributed by atoms with van der Waals surface area (Å²) in [5.41, 5.74) is 2.37. The largest absolute Gasteiger partial charge is 0.444 e. The summed E-state index contributed by atoms with van der Waals surface area (Å²) in [4.78, 5) is 26.7. The van der Waals surface area contributed by atoms with Crippen LogP contribution in [0.5, 0.6) is 0 Å². The van der Waals surface area contributed by atoms with Gasteiger partial charge in [0.2, 0.25) is 0 Å². The molecule has 0 spiro atoms. The number of ether oxygens (including phenoxy) is 1. The highest BCUT2D eigenvalue weighted by Gasteiger charge is 2.21. The van der Waals surface area contributed by atoms with Gasteiger partial charge in [-0.2, -0.15) is 5.10 Å². The summed E-state index contributed by atoms with van der Waals surface area (Å²) in [6.45, 7) is 7.66. The van der Waals surface area contributed by atoms with Gasteiger partial charge in [0.15, 0.2) is 0 Å². The smallest absolute Gasteiger partial charge is 0.407 e. The van der Waals surface area contributed by atoms with Crippen molar-refractivity contribution in [1.82, 2.24) is 20.8 Å². The molecule has 1 unspecified atom stereocenters. The highest BCUT2D eigenvalue weighted by Crippen LogP contribution is 2.30. The van der Waals surface area contributed by atoms with Gasteiger partial charge in [-0.25, -0.2) is 4.79 Å². The van der Waals surface area contributed by atoms with Crippen molar-refractivity contribution in [3.63, 3.8) is 0 Å². The van der Waals surface area contributed by atoms with Gasteiger partial charge in [-0.05, 0) is 57.4 Å². The molecule has 0 radical (unpaired) electrons. The molecule has 3 aromatic rings. The molecule has 1 atom stereocenters. The zero-order chi connectivity index (χ0) is 22.4. The third-order valence-corrected chi connectivity index (χ3v) is 5.71. The van der Waals surface area contributed by atoms with E-state index in [9.17, 15) is 9.59 Å². The van der Waals surface area contributed by atoms with Crippen molar-refractivity contribution in [2.24, 2.45) is 0 Å². The van der Waals surface area contributed by atoms with Crippen LogP contribution >= 0.6 is 11.3 Å². The minimum Gasteiger partial charge on any atom is -0.444 e. The van der Waals surface area contributed by atoms with Gasteiger partial charge >= 0.3 is 6.09 Å². The van der Waals surface area contributed by atoms with E-state index >= 15 is 0 Å². The average Bonchev–Trinajstić information content (AvgIpc) is 3.35. The maximum absolute atomic E-state index is 13.0. The molecule has 2 amide bonds. The van der Waals surface area contributed by atoms with E-state index in [-0.39, 0.29) is 18.5 Å². The van der Waals surface area contributed by atoms with E-state index in [1.807, 2.05) is 70.2 Å². The van der Waals surface area contributed by atoms with Crippen molar-refractivity contribution in [3.05, 3.63) is 64.7 Å². The second-order valence-corrected chi connectivity index (χ2v) is 9.39. The Kier molecular flexibility index (Phi) is 7.12. The molecule has 2 heterocycles. The number of hydrogen-bond acceptors (Lipinski definition) is 5. The molecule has 0 aliphatic heterocycles. The Hall–Kier alpha value is -3.13. The van der Waals surface area contributed by atoms with Crippen LogP contribution in [-0.4, -0.2) is 40.4 Å². The number of thiophene rings is 1. The molecule has 3 N–H and O–H groups in total. The molecule has 7 nitrogen and oxygen atoms in total. The molecule has 0 aliphatic carbocycles. The number of alkyl carbamates (subject to hydrolysis) is 1. The maximum Gasteiger partial charge on any atom is 0.407 e. The van der Waals surface area contributed by atoms with Crippen molar-refractivity contribution in [2.75, 3.05) is 6.54 Å². The zero-order valence-electron chi connectivity index (χ0n) is 18.2. The lowest BCUT2D eigenvalue weighted by atomic mass is 10.1. The summed E-state index contributed by atoms with van der Waals surface area (Å²) in [6, 6.07) is 13.3. The summed E-state index contributed by atoms with van der Waals surface area (Å²) < 4.78 is 5.32. The van der Waals surface area contributed by atoms with Crippen LogP contribution in [0, 0.1) is 6.92 Å². The molecule has 8 heteroatoms. The van der Waals surface area contributed by atoms with E-state index in [0.717, 1.165) is 21.7 Å². The highest BCUT2D eigenvalue weighted by atomic mass is 32.1. The molecule has 164 valence electrons. The number of rotatable bonds is 7. The van der Waals surface area contributed by atoms with Crippen molar-refractivity contribution < 1.29 is 14.3 Å². The van der Waals surface area contributed by atoms with Gasteiger partial charge in [-0.15, -0.1) is 11.3 Å². The maximum atomic E-state index is 13.0. The molecule has 0 bridgehead atoms. The normalized spacial score (nSPS) is 12.3. The minimum absolute atomic E-state index is 0.175. The van der Waals surface area contributed by atoms with Gasteiger partial charge in [0.05, 0.1) is 21.5 Å². The molecule has 0 saturated heterocycles. The predicted molar refractivity (Wildman–Crippen MR) is 122 cm³/mol. The first-order valence-electron chi connectivity index (χ1n) is 10.1. The summed E-state index contributed by atoms with van der Waals surface area (Å²) in [5, 5.41) is 12.8. The molecular weight excluding hydrogens is 412 g/mol. The van der Waals surface area contributed by atoms with E-state index in [1.165, 1.54) is 11.3 Å². The van der Waals surface area contributed by atoms with Crippen LogP contribution in [-0.2, 0) is 11.2 Å². The van der Waals surface area contributed by atoms with Crippen LogP contribution in [0.1, 0.15) is 41.6 Å². The van der Waals surface area contributed by atoms with E-state index in [0.29, 0.717) is 11.3 Å². The molecule has 0 fully saturated rings. The van der Waals surface area contributed by atoms with Gasteiger partial charge in [-0.3, -0.25) is 9.89 Å². The molecule has 3 rings (SSSR count). The average molecular weight is 441 g/mol. The number of hydrogen-bond donors (Lipinski definition) is 3. The van der Waals surface area contributed by atoms with Crippen LogP contribution in [0.2, 0.25) is 0 Å². The lowest BCUT2D eigenvalue weighted by Gasteiger charge is -2.22. The second kappa shape index (κ2) is 9.78. The summed E-state index contributed by atoms with van der Waals surface area (Å²) in [7, 11) is 0. The lowest BCUT2D eigenvalue weighted by Crippen LogP contribution is -2.45. The van der Waals surface area contributed by atoms with E-state index in [2.05, 4.69) is 20.8 Å². The fourth-order valence-corrected chi connectivity index (χ4v) is 4.14. The van der Waals surface area contributed by atoms with Crippen LogP contribution in [0.4, 0.5) is 4.79 Å².